The molecular formula is C14H11ClF3N. The van der Waals surface area contributed by atoms with Crippen LogP contribution < -0.4 is 5.73 Å². The quantitative estimate of drug-likeness (QED) is 0.906. The summed E-state index contributed by atoms with van der Waals surface area (Å²) in [6.07, 6.45) is 0.165. The average molecular weight is 286 g/mol. The predicted octanol–water partition coefficient (Wildman–Crippen LogP) is 4.00. The minimum atomic E-state index is -0.859. The smallest absolute Gasteiger partial charge is 0.141 e. The van der Waals surface area contributed by atoms with E-state index in [0.717, 1.165) is 12.1 Å². The third-order valence-electron chi connectivity index (χ3n) is 2.81. The van der Waals surface area contributed by atoms with Crippen molar-refractivity contribution in [1.82, 2.24) is 0 Å². The summed E-state index contributed by atoms with van der Waals surface area (Å²) in [6.45, 7) is 0. The van der Waals surface area contributed by atoms with Crippen molar-refractivity contribution >= 4 is 11.6 Å². The lowest BCUT2D eigenvalue weighted by molar-refractivity contribution is 0.524. The van der Waals surface area contributed by atoms with Crippen molar-refractivity contribution in [3.8, 4) is 0 Å². The summed E-state index contributed by atoms with van der Waals surface area (Å²) in [5.41, 5.74) is 6.23. The molecule has 100 valence electrons. The van der Waals surface area contributed by atoms with E-state index in [1.807, 2.05) is 0 Å². The van der Waals surface area contributed by atoms with Crippen LogP contribution in [0.25, 0.3) is 0 Å². The maximum absolute atomic E-state index is 13.5. The molecule has 0 saturated carbocycles. The highest BCUT2D eigenvalue weighted by molar-refractivity contribution is 6.30. The van der Waals surface area contributed by atoms with Crippen LogP contribution in [-0.4, -0.2) is 0 Å². The van der Waals surface area contributed by atoms with Gasteiger partial charge in [-0.05, 0) is 36.2 Å². The van der Waals surface area contributed by atoms with Gasteiger partial charge in [0.25, 0.3) is 0 Å². The lowest BCUT2D eigenvalue weighted by Crippen LogP contribution is -2.17. The van der Waals surface area contributed by atoms with Crippen LogP contribution in [0.5, 0.6) is 0 Å². The highest BCUT2D eigenvalue weighted by Gasteiger charge is 2.17. The van der Waals surface area contributed by atoms with Gasteiger partial charge >= 0.3 is 0 Å². The van der Waals surface area contributed by atoms with Crippen molar-refractivity contribution in [2.45, 2.75) is 12.5 Å². The molecular weight excluding hydrogens is 275 g/mol. The molecule has 1 atom stereocenters. The van der Waals surface area contributed by atoms with E-state index in [2.05, 4.69) is 0 Å². The van der Waals surface area contributed by atoms with Crippen molar-refractivity contribution in [2.24, 2.45) is 5.73 Å². The lowest BCUT2D eigenvalue weighted by Gasteiger charge is -2.14. The van der Waals surface area contributed by atoms with E-state index in [9.17, 15) is 13.2 Å². The largest absolute Gasteiger partial charge is 0.323 e. The summed E-state index contributed by atoms with van der Waals surface area (Å²) in [6, 6.07) is 6.79. The van der Waals surface area contributed by atoms with Crippen LogP contribution in [0.3, 0.4) is 0 Å². The number of rotatable bonds is 3. The molecule has 0 heterocycles. The molecule has 0 saturated heterocycles. The number of nitrogens with two attached hydrogens (primary N) is 1. The van der Waals surface area contributed by atoms with Crippen molar-refractivity contribution in [1.29, 1.82) is 0 Å². The Kier molecular flexibility index (Phi) is 4.12. The molecule has 0 aliphatic carbocycles. The van der Waals surface area contributed by atoms with Gasteiger partial charge in [-0.3, -0.25) is 0 Å². The van der Waals surface area contributed by atoms with E-state index in [1.165, 1.54) is 24.3 Å². The first-order chi connectivity index (χ1) is 8.99. The van der Waals surface area contributed by atoms with E-state index >= 15 is 0 Å². The van der Waals surface area contributed by atoms with Gasteiger partial charge in [-0.15, -0.1) is 0 Å². The van der Waals surface area contributed by atoms with E-state index in [1.54, 1.807) is 0 Å². The fourth-order valence-corrected chi connectivity index (χ4v) is 2.09. The van der Waals surface area contributed by atoms with E-state index in [0.29, 0.717) is 5.56 Å². The van der Waals surface area contributed by atoms with Gasteiger partial charge in [0.2, 0.25) is 0 Å². The molecule has 2 aromatic carbocycles. The Bertz CT molecular complexity index is 581. The van der Waals surface area contributed by atoms with Gasteiger partial charge in [-0.25, -0.2) is 13.2 Å². The third kappa shape index (κ3) is 3.08. The molecule has 0 bridgehead atoms. The minimum absolute atomic E-state index is 0.0429. The molecule has 0 aromatic heterocycles. The Labute approximate surface area is 113 Å². The second kappa shape index (κ2) is 5.63. The molecule has 5 heteroatoms. The van der Waals surface area contributed by atoms with Crippen LogP contribution in [0.2, 0.25) is 5.02 Å². The molecule has 0 radical (unpaired) electrons. The van der Waals surface area contributed by atoms with E-state index in [4.69, 9.17) is 17.3 Å². The normalized spacial score (nSPS) is 12.5. The Morgan fingerprint density at radius 3 is 2.21 bits per heavy atom. The Hall–Kier alpha value is -1.52. The Morgan fingerprint density at radius 2 is 1.63 bits per heavy atom. The molecule has 0 amide bonds. The van der Waals surface area contributed by atoms with Gasteiger partial charge in [0, 0.05) is 11.6 Å². The topological polar surface area (TPSA) is 26.0 Å². The molecule has 0 fully saturated rings. The molecule has 19 heavy (non-hydrogen) atoms. The number of hydrogen-bond acceptors (Lipinski definition) is 1. The summed E-state index contributed by atoms with van der Waals surface area (Å²) in [5, 5.41) is -0.0429. The van der Waals surface area contributed by atoms with E-state index in [-0.39, 0.29) is 17.0 Å². The summed E-state index contributed by atoms with van der Waals surface area (Å²) in [5.74, 6) is -1.93. The van der Waals surface area contributed by atoms with Crippen LogP contribution in [0, 0.1) is 17.5 Å². The van der Waals surface area contributed by atoms with Crippen molar-refractivity contribution < 1.29 is 13.2 Å². The Balaban J connectivity index is 2.25. The standard InChI is InChI=1S/C14H11ClF3N/c15-9-6-8(4-5-10(9)16)7-13(19)14-11(17)2-1-3-12(14)18/h1-6,13H,7,19H2. The zero-order chi connectivity index (χ0) is 14.0. The van der Waals surface area contributed by atoms with Crippen LogP contribution in [-0.2, 0) is 6.42 Å². The highest BCUT2D eigenvalue weighted by Crippen LogP contribution is 2.24. The molecule has 1 unspecified atom stereocenters. The number of benzene rings is 2. The fraction of sp³-hybridized carbons (Fsp3) is 0.143. The SMILES string of the molecule is NC(Cc1ccc(F)c(Cl)c1)c1c(F)cccc1F. The maximum atomic E-state index is 13.5. The van der Waals surface area contributed by atoms with Crippen LogP contribution in [0.15, 0.2) is 36.4 Å². The van der Waals surface area contributed by atoms with Crippen molar-refractivity contribution in [3.63, 3.8) is 0 Å². The van der Waals surface area contributed by atoms with Crippen LogP contribution in [0.4, 0.5) is 13.2 Å². The second-order valence-electron chi connectivity index (χ2n) is 4.19. The van der Waals surface area contributed by atoms with Crippen molar-refractivity contribution in [2.75, 3.05) is 0 Å². The van der Waals surface area contributed by atoms with Gasteiger partial charge in [-0.2, -0.15) is 0 Å². The molecule has 0 spiro atoms. The number of hydrogen-bond donors (Lipinski definition) is 1. The number of halogens is 4. The van der Waals surface area contributed by atoms with Gasteiger partial charge < -0.3 is 5.73 Å². The first kappa shape index (κ1) is 13.9. The molecule has 2 N–H and O–H groups in total. The van der Waals surface area contributed by atoms with Crippen LogP contribution in [0.1, 0.15) is 17.2 Å². The summed E-state index contributed by atoms with van der Waals surface area (Å²) in [4.78, 5) is 0. The molecule has 1 nitrogen and oxygen atoms in total. The van der Waals surface area contributed by atoms with Crippen LogP contribution >= 0.6 is 11.6 Å². The second-order valence-corrected chi connectivity index (χ2v) is 4.60. The highest BCUT2D eigenvalue weighted by atomic mass is 35.5. The van der Waals surface area contributed by atoms with Gasteiger partial charge in [0.1, 0.15) is 17.5 Å². The molecule has 2 aromatic rings. The Morgan fingerprint density at radius 1 is 1.00 bits per heavy atom. The maximum Gasteiger partial charge on any atom is 0.141 e. The van der Waals surface area contributed by atoms with Gasteiger partial charge in [-0.1, -0.05) is 23.7 Å². The predicted molar refractivity (Wildman–Crippen MR) is 68.4 cm³/mol. The zero-order valence-electron chi connectivity index (χ0n) is 9.84. The average Bonchev–Trinajstić information content (AvgIpc) is 2.33. The summed E-state index contributed by atoms with van der Waals surface area (Å²) in [7, 11) is 0. The zero-order valence-corrected chi connectivity index (χ0v) is 10.6. The fourth-order valence-electron chi connectivity index (χ4n) is 1.89. The summed E-state index contributed by atoms with van der Waals surface area (Å²) < 4.78 is 40.1. The molecule has 2 rings (SSSR count). The van der Waals surface area contributed by atoms with E-state index < -0.39 is 23.5 Å². The monoisotopic (exact) mass is 285 g/mol. The van der Waals surface area contributed by atoms with Crippen molar-refractivity contribution in [3.05, 3.63) is 70.0 Å². The first-order valence-electron chi connectivity index (χ1n) is 5.62. The minimum Gasteiger partial charge on any atom is -0.323 e. The molecule has 0 aliphatic heterocycles. The third-order valence-corrected chi connectivity index (χ3v) is 3.10. The molecule has 0 aliphatic rings. The first-order valence-corrected chi connectivity index (χ1v) is 6.00. The van der Waals surface area contributed by atoms with Gasteiger partial charge in [0.15, 0.2) is 0 Å². The summed E-state index contributed by atoms with van der Waals surface area (Å²) >= 11 is 5.64. The lowest BCUT2D eigenvalue weighted by atomic mass is 9.99. The van der Waals surface area contributed by atoms with Gasteiger partial charge in [0.05, 0.1) is 5.02 Å².